The zero-order chi connectivity index (χ0) is 15.3. The van der Waals surface area contributed by atoms with Gasteiger partial charge in [-0.1, -0.05) is 18.2 Å². The topological polar surface area (TPSA) is 68.8 Å². The van der Waals surface area contributed by atoms with E-state index in [9.17, 15) is 4.79 Å². The molecular formula is C15H16N6O. The Balaban J connectivity index is 1.70. The zero-order valence-corrected chi connectivity index (χ0v) is 12.5. The van der Waals surface area contributed by atoms with E-state index in [1.807, 2.05) is 38.2 Å². The van der Waals surface area contributed by atoms with Crippen molar-refractivity contribution in [3.05, 3.63) is 41.6 Å². The molecule has 1 aliphatic heterocycles. The van der Waals surface area contributed by atoms with E-state index in [1.54, 1.807) is 9.58 Å². The van der Waals surface area contributed by atoms with Gasteiger partial charge < -0.3 is 9.47 Å². The predicted molar refractivity (Wildman–Crippen MR) is 80.2 cm³/mol. The molecule has 0 atom stereocenters. The van der Waals surface area contributed by atoms with Crippen LogP contribution in [0.2, 0.25) is 0 Å². The Bertz CT molecular complexity index is 877. The van der Waals surface area contributed by atoms with Crippen molar-refractivity contribution in [3.8, 4) is 0 Å². The molecule has 4 rings (SSSR count). The van der Waals surface area contributed by atoms with Gasteiger partial charge in [0.1, 0.15) is 5.82 Å². The second-order valence-electron chi connectivity index (χ2n) is 5.53. The Labute approximate surface area is 127 Å². The molecule has 0 N–H and O–H groups in total. The summed E-state index contributed by atoms with van der Waals surface area (Å²) in [6.07, 6.45) is 0. The van der Waals surface area contributed by atoms with E-state index >= 15 is 0 Å². The fourth-order valence-electron chi connectivity index (χ4n) is 3.00. The number of aryl methyl sites for hydroxylation is 2. The van der Waals surface area contributed by atoms with Crippen molar-refractivity contribution in [1.29, 1.82) is 0 Å². The summed E-state index contributed by atoms with van der Waals surface area (Å²) in [6.45, 7) is 3.78. The van der Waals surface area contributed by atoms with Crippen LogP contribution in [0.3, 0.4) is 0 Å². The van der Waals surface area contributed by atoms with Gasteiger partial charge in [0.05, 0.1) is 12.1 Å². The van der Waals surface area contributed by atoms with E-state index in [1.165, 1.54) is 0 Å². The molecule has 1 aromatic carbocycles. The molecule has 22 heavy (non-hydrogen) atoms. The third-order valence-corrected chi connectivity index (χ3v) is 4.19. The first kappa shape index (κ1) is 13.0. The maximum atomic E-state index is 12.8. The van der Waals surface area contributed by atoms with E-state index in [0.717, 1.165) is 29.1 Å². The summed E-state index contributed by atoms with van der Waals surface area (Å²) >= 11 is 0. The normalized spacial score (nSPS) is 14.4. The van der Waals surface area contributed by atoms with Crippen LogP contribution in [0.15, 0.2) is 24.3 Å². The number of carbonyl (C=O) groups excluding carboxylic acids is 1. The van der Waals surface area contributed by atoms with Gasteiger partial charge in [-0.05, 0) is 13.0 Å². The molecule has 0 fully saturated rings. The molecule has 2 aromatic heterocycles. The van der Waals surface area contributed by atoms with Crippen LogP contribution in [0.5, 0.6) is 0 Å². The smallest absolute Gasteiger partial charge is 0.275 e. The molecule has 0 radical (unpaired) electrons. The molecule has 7 nitrogen and oxygen atoms in total. The molecule has 0 unspecified atom stereocenters. The van der Waals surface area contributed by atoms with Crippen LogP contribution >= 0.6 is 0 Å². The summed E-state index contributed by atoms with van der Waals surface area (Å²) in [5, 5.41) is 13.5. The molecule has 0 spiro atoms. The van der Waals surface area contributed by atoms with Crippen LogP contribution < -0.4 is 0 Å². The van der Waals surface area contributed by atoms with Gasteiger partial charge in [0.15, 0.2) is 11.5 Å². The molecule has 3 heterocycles. The summed E-state index contributed by atoms with van der Waals surface area (Å²) in [4.78, 5) is 14.6. The Morgan fingerprint density at radius 2 is 2.00 bits per heavy atom. The largest absolute Gasteiger partial charge is 0.328 e. The monoisotopic (exact) mass is 296 g/mol. The number of benzene rings is 1. The van der Waals surface area contributed by atoms with Gasteiger partial charge >= 0.3 is 0 Å². The fraction of sp³-hybridized carbons (Fsp3) is 0.333. The number of carbonyl (C=O) groups is 1. The quantitative estimate of drug-likeness (QED) is 0.675. The minimum absolute atomic E-state index is 0.0521. The van der Waals surface area contributed by atoms with Crippen LogP contribution in [-0.2, 0) is 20.1 Å². The zero-order valence-electron chi connectivity index (χ0n) is 12.5. The molecule has 7 heteroatoms. The summed E-state index contributed by atoms with van der Waals surface area (Å²) < 4.78 is 3.81. The summed E-state index contributed by atoms with van der Waals surface area (Å²) in [5.41, 5.74) is 1.46. The fourth-order valence-corrected chi connectivity index (χ4v) is 3.00. The highest BCUT2D eigenvalue weighted by molar-refractivity contribution is 6.04. The molecule has 112 valence electrons. The van der Waals surface area contributed by atoms with Crippen LogP contribution in [-0.4, -0.2) is 41.9 Å². The Morgan fingerprint density at radius 1 is 1.18 bits per heavy atom. The second-order valence-corrected chi connectivity index (χ2v) is 5.53. The van der Waals surface area contributed by atoms with Gasteiger partial charge in [0.25, 0.3) is 5.91 Å². The highest BCUT2D eigenvalue weighted by Crippen LogP contribution is 2.21. The number of fused-ring (bicyclic) bond motifs is 2. The van der Waals surface area contributed by atoms with E-state index < -0.39 is 0 Å². The standard InChI is InChI=1S/C15H16N6O/c1-10-16-17-13-9-20(7-8-21(10)13)15(22)14-11-5-3-4-6-12(11)19(2)18-14/h3-6H,7-9H2,1-2H3. The third kappa shape index (κ3) is 1.82. The van der Waals surface area contributed by atoms with E-state index in [0.29, 0.717) is 18.8 Å². The minimum Gasteiger partial charge on any atom is -0.328 e. The van der Waals surface area contributed by atoms with Crippen molar-refractivity contribution in [2.24, 2.45) is 7.05 Å². The summed E-state index contributed by atoms with van der Waals surface area (Å²) in [5.74, 6) is 1.67. The Kier molecular flexibility index (Phi) is 2.75. The molecule has 1 aliphatic rings. The summed E-state index contributed by atoms with van der Waals surface area (Å²) in [6, 6.07) is 7.78. The highest BCUT2D eigenvalue weighted by atomic mass is 16.2. The average molecular weight is 296 g/mol. The number of nitrogens with zero attached hydrogens (tertiary/aromatic N) is 6. The lowest BCUT2D eigenvalue weighted by atomic mass is 10.2. The highest BCUT2D eigenvalue weighted by Gasteiger charge is 2.27. The Morgan fingerprint density at radius 3 is 2.86 bits per heavy atom. The minimum atomic E-state index is -0.0521. The predicted octanol–water partition coefficient (Wildman–Crippen LogP) is 1.13. The first-order valence-electron chi connectivity index (χ1n) is 7.25. The van der Waals surface area contributed by atoms with E-state index in [4.69, 9.17) is 0 Å². The molecule has 0 saturated carbocycles. The lowest BCUT2D eigenvalue weighted by Gasteiger charge is -2.27. The molecule has 3 aromatic rings. The number of aromatic nitrogens is 5. The number of para-hydroxylation sites is 1. The molecule has 0 bridgehead atoms. The Hall–Kier alpha value is -2.70. The summed E-state index contributed by atoms with van der Waals surface area (Å²) in [7, 11) is 1.86. The first-order chi connectivity index (χ1) is 10.6. The van der Waals surface area contributed by atoms with Gasteiger partial charge in [-0.2, -0.15) is 5.10 Å². The second kappa shape index (κ2) is 4.66. The number of hydrogen-bond donors (Lipinski definition) is 0. The number of amides is 1. The van der Waals surface area contributed by atoms with Gasteiger partial charge in [-0.15, -0.1) is 10.2 Å². The van der Waals surface area contributed by atoms with Crippen LogP contribution in [0, 0.1) is 6.92 Å². The van der Waals surface area contributed by atoms with E-state index in [-0.39, 0.29) is 5.91 Å². The van der Waals surface area contributed by atoms with Crippen molar-refractivity contribution in [2.75, 3.05) is 6.54 Å². The SMILES string of the molecule is Cc1nnc2n1CCN(C(=O)c1nn(C)c3ccccc13)C2. The average Bonchev–Trinajstić information content (AvgIpc) is 3.08. The van der Waals surface area contributed by atoms with Crippen molar-refractivity contribution < 1.29 is 4.79 Å². The molecular weight excluding hydrogens is 280 g/mol. The molecule has 0 aliphatic carbocycles. The van der Waals surface area contributed by atoms with Crippen LogP contribution in [0.25, 0.3) is 10.9 Å². The maximum absolute atomic E-state index is 12.8. The number of hydrogen-bond acceptors (Lipinski definition) is 4. The maximum Gasteiger partial charge on any atom is 0.275 e. The first-order valence-corrected chi connectivity index (χ1v) is 7.25. The molecule has 0 saturated heterocycles. The van der Waals surface area contributed by atoms with Gasteiger partial charge in [0.2, 0.25) is 0 Å². The third-order valence-electron chi connectivity index (χ3n) is 4.19. The van der Waals surface area contributed by atoms with Crippen molar-refractivity contribution in [1.82, 2.24) is 29.4 Å². The van der Waals surface area contributed by atoms with Crippen molar-refractivity contribution in [3.63, 3.8) is 0 Å². The van der Waals surface area contributed by atoms with E-state index in [2.05, 4.69) is 19.9 Å². The van der Waals surface area contributed by atoms with Gasteiger partial charge in [0, 0.05) is 25.5 Å². The van der Waals surface area contributed by atoms with Gasteiger partial charge in [-0.25, -0.2) is 0 Å². The lowest BCUT2D eigenvalue weighted by molar-refractivity contribution is 0.0702. The van der Waals surface area contributed by atoms with Crippen molar-refractivity contribution in [2.45, 2.75) is 20.0 Å². The lowest BCUT2D eigenvalue weighted by Crippen LogP contribution is -2.39. The van der Waals surface area contributed by atoms with Crippen molar-refractivity contribution >= 4 is 16.8 Å². The van der Waals surface area contributed by atoms with Crippen LogP contribution in [0.1, 0.15) is 22.1 Å². The molecule has 1 amide bonds. The van der Waals surface area contributed by atoms with Gasteiger partial charge in [-0.3, -0.25) is 9.48 Å². The van der Waals surface area contributed by atoms with Crippen LogP contribution in [0.4, 0.5) is 0 Å². The number of rotatable bonds is 1.